The first-order chi connectivity index (χ1) is 31.2. The summed E-state index contributed by atoms with van der Waals surface area (Å²) in [6.07, 6.45) is 0. The Morgan fingerprint density at radius 3 is 1.41 bits per heavy atom. The van der Waals surface area contributed by atoms with Crippen molar-refractivity contribution >= 4 is 60.8 Å². The summed E-state index contributed by atoms with van der Waals surface area (Å²) in [5, 5.41) is 4.66. The Morgan fingerprint density at radius 2 is 0.762 bits per heavy atom. The molecule has 0 saturated heterocycles. The molecule has 0 fully saturated rings. The van der Waals surface area contributed by atoms with E-state index < -0.39 is 0 Å². The van der Waals surface area contributed by atoms with Crippen molar-refractivity contribution in [3.8, 4) is 50.2 Å². The summed E-state index contributed by atoms with van der Waals surface area (Å²) in [5.41, 5.74) is 17.6. The number of aromatic nitrogens is 1. The van der Waals surface area contributed by atoms with Crippen LogP contribution in [0.15, 0.2) is 247 Å². The molecule has 0 N–H and O–H groups in total. The molecule has 0 bridgehead atoms. The molecule has 0 amide bonds. The third kappa shape index (κ3) is 6.38. The van der Waals surface area contributed by atoms with Crippen LogP contribution in [-0.4, -0.2) is 4.57 Å². The second-order valence-corrected chi connectivity index (χ2v) is 16.1. The molecule has 0 saturated carbocycles. The van der Waals surface area contributed by atoms with Crippen LogP contribution in [0.4, 0.5) is 17.1 Å². The number of rotatable bonds is 8. The monoisotopic (exact) mass is 804 g/mol. The molecule has 0 aliphatic rings. The molecule has 63 heavy (non-hydrogen) atoms. The summed E-state index contributed by atoms with van der Waals surface area (Å²) < 4.78 is 9.36. The molecular formula is C60H40N2O. The second-order valence-electron chi connectivity index (χ2n) is 16.1. The van der Waals surface area contributed by atoms with Crippen molar-refractivity contribution in [2.24, 2.45) is 0 Å². The Labute approximate surface area is 366 Å². The van der Waals surface area contributed by atoms with Gasteiger partial charge in [0.25, 0.3) is 0 Å². The first kappa shape index (κ1) is 36.5. The SMILES string of the molecule is c1ccc(-c2ccc(-c3ccc(N(c4ccc(-c5ccc6c(c5)c5ccccc5n6-c5ccccc5)cc4)c4cccc5c4oc4c(-c6ccccc6)cccc45)cc3)cc2)cc1. The highest BCUT2D eigenvalue weighted by atomic mass is 16.3. The smallest absolute Gasteiger partial charge is 0.159 e. The zero-order chi connectivity index (χ0) is 41.7. The number of hydrogen-bond donors (Lipinski definition) is 0. The molecule has 2 aromatic heterocycles. The molecular weight excluding hydrogens is 765 g/mol. The first-order valence-corrected chi connectivity index (χ1v) is 21.5. The van der Waals surface area contributed by atoms with Gasteiger partial charge < -0.3 is 13.9 Å². The average molecular weight is 805 g/mol. The molecule has 12 aromatic rings. The minimum atomic E-state index is 0.848. The van der Waals surface area contributed by atoms with Crippen LogP contribution in [0.2, 0.25) is 0 Å². The van der Waals surface area contributed by atoms with Crippen molar-refractivity contribution in [1.82, 2.24) is 4.57 Å². The third-order valence-electron chi connectivity index (χ3n) is 12.4. The van der Waals surface area contributed by atoms with Crippen LogP contribution >= 0.6 is 0 Å². The van der Waals surface area contributed by atoms with E-state index >= 15 is 0 Å². The van der Waals surface area contributed by atoms with E-state index in [9.17, 15) is 0 Å². The van der Waals surface area contributed by atoms with E-state index in [2.05, 4.69) is 252 Å². The van der Waals surface area contributed by atoms with Gasteiger partial charge in [0.05, 0.1) is 16.7 Å². The minimum absolute atomic E-state index is 0.848. The van der Waals surface area contributed by atoms with Crippen molar-refractivity contribution in [3.63, 3.8) is 0 Å². The van der Waals surface area contributed by atoms with Crippen LogP contribution in [-0.2, 0) is 0 Å². The lowest BCUT2D eigenvalue weighted by Gasteiger charge is -2.26. The Morgan fingerprint density at radius 1 is 0.302 bits per heavy atom. The molecule has 296 valence electrons. The molecule has 0 aliphatic heterocycles. The lowest BCUT2D eigenvalue weighted by molar-refractivity contribution is 0.670. The standard InChI is InChI=1S/C60H40N2O/c1-4-14-41(15-5-1)42-26-28-43(29-27-42)44-30-35-49(36-31-44)61(58-25-13-23-54-53-22-12-21-51(59(53)63-60(54)58)46-16-6-2-7-17-46)50-37-32-45(33-38-50)47-34-39-57-55(40-47)52-20-10-11-24-56(52)62(57)48-18-8-3-9-19-48/h1-40H. The molecule has 2 heterocycles. The second kappa shape index (κ2) is 15.3. The molecule has 0 radical (unpaired) electrons. The summed E-state index contributed by atoms with van der Waals surface area (Å²) in [4.78, 5) is 2.33. The van der Waals surface area contributed by atoms with Crippen LogP contribution < -0.4 is 4.90 Å². The summed E-state index contributed by atoms with van der Waals surface area (Å²) >= 11 is 0. The van der Waals surface area contributed by atoms with E-state index in [-0.39, 0.29) is 0 Å². The molecule has 0 spiro atoms. The number of anilines is 3. The van der Waals surface area contributed by atoms with Crippen molar-refractivity contribution in [2.75, 3.05) is 4.90 Å². The van der Waals surface area contributed by atoms with Crippen molar-refractivity contribution in [1.29, 1.82) is 0 Å². The summed E-state index contributed by atoms with van der Waals surface area (Å²) in [6.45, 7) is 0. The van der Waals surface area contributed by atoms with E-state index in [1.54, 1.807) is 0 Å². The van der Waals surface area contributed by atoms with Crippen LogP contribution in [0, 0.1) is 0 Å². The van der Waals surface area contributed by atoms with Crippen LogP contribution in [0.25, 0.3) is 93.9 Å². The molecule has 0 aliphatic carbocycles. The zero-order valence-electron chi connectivity index (χ0n) is 34.4. The normalized spacial score (nSPS) is 11.5. The highest BCUT2D eigenvalue weighted by Crippen LogP contribution is 2.45. The lowest BCUT2D eigenvalue weighted by Crippen LogP contribution is -2.10. The van der Waals surface area contributed by atoms with Gasteiger partial charge in [-0.25, -0.2) is 0 Å². The Bertz CT molecular complexity index is 3570. The van der Waals surface area contributed by atoms with Gasteiger partial charge in [0.2, 0.25) is 0 Å². The molecule has 3 nitrogen and oxygen atoms in total. The number of hydrogen-bond acceptors (Lipinski definition) is 2. The van der Waals surface area contributed by atoms with Crippen molar-refractivity contribution < 1.29 is 4.42 Å². The molecule has 3 heteroatoms. The number of benzene rings is 10. The van der Waals surface area contributed by atoms with Crippen molar-refractivity contribution in [2.45, 2.75) is 0 Å². The lowest BCUT2D eigenvalue weighted by atomic mass is 10.00. The van der Waals surface area contributed by atoms with E-state index in [4.69, 9.17) is 4.42 Å². The van der Waals surface area contributed by atoms with E-state index in [0.29, 0.717) is 0 Å². The van der Waals surface area contributed by atoms with Gasteiger partial charge in [-0.05, 0) is 99.6 Å². The number of furan rings is 1. The Kier molecular flexibility index (Phi) is 8.83. The number of fused-ring (bicyclic) bond motifs is 6. The zero-order valence-corrected chi connectivity index (χ0v) is 34.4. The van der Waals surface area contributed by atoms with Gasteiger partial charge in [0.1, 0.15) is 5.58 Å². The molecule has 10 aromatic carbocycles. The quantitative estimate of drug-likeness (QED) is 0.153. The maximum Gasteiger partial charge on any atom is 0.159 e. The average Bonchev–Trinajstić information content (AvgIpc) is 3.92. The fourth-order valence-corrected chi connectivity index (χ4v) is 9.35. The highest BCUT2D eigenvalue weighted by Gasteiger charge is 2.21. The maximum atomic E-state index is 6.99. The molecule has 0 unspecified atom stereocenters. The Balaban J connectivity index is 0.968. The summed E-state index contributed by atoms with van der Waals surface area (Å²) in [5.74, 6) is 0. The minimum Gasteiger partial charge on any atom is -0.453 e. The van der Waals surface area contributed by atoms with Gasteiger partial charge in [-0.1, -0.05) is 182 Å². The Hall–Kier alpha value is -8.40. The van der Waals surface area contributed by atoms with Crippen LogP contribution in [0.1, 0.15) is 0 Å². The maximum absolute atomic E-state index is 6.99. The number of para-hydroxylation sites is 4. The topological polar surface area (TPSA) is 21.3 Å². The van der Waals surface area contributed by atoms with Gasteiger partial charge in [0, 0.05) is 44.2 Å². The van der Waals surface area contributed by atoms with E-state index in [0.717, 1.165) is 66.9 Å². The van der Waals surface area contributed by atoms with Gasteiger partial charge >= 0.3 is 0 Å². The van der Waals surface area contributed by atoms with Gasteiger partial charge in [-0.2, -0.15) is 0 Å². The van der Waals surface area contributed by atoms with Crippen LogP contribution in [0.5, 0.6) is 0 Å². The van der Waals surface area contributed by atoms with Crippen LogP contribution in [0.3, 0.4) is 0 Å². The van der Waals surface area contributed by atoms with Gasteiger partial charge in [0.15, 0.2) is 5.58 Å². The molecule has 12 rings (SSSR count). The van der Waals surface area contributed by atoms with E-state index in [1.807, 2.05) is 0 Å². The molecule has 0 atom stereocenters. The predicted octanol–water partition coefficient (Wildman–Crippen LogP) is 16.8. The number of nitrogens with zero attached hydrogens (tertiary/aromatic N) is 2. The highest BCUT2D eigenvalue weighted by molar-refractivity contribution is 6.14. The van der Waals surface area contributed by atoms with E-state index in [1.165, 1.54) is 44.1 Å². The summed E-state index contributed by atoms with van der Waals surface area (Å²) in [6, 6.07) is 86.8. The van der Waals surface area contributed by atoms with Gasteiger partial charge in [-0.15, -0.1) is 0 Å². The van der Waals surface area contributed by atoms with Gasteiger partial charge in [-0.3, -0.25) is 0 Å². The largest absolute Gasteiger partial charge is 0.453 e. The predicted molar refractivity (Wildman–Crippen MR) is 264 cm³/mol. The first-order valence-electron chi connectivity index (χ1n) is 21.5. The summed E-state index contributed by atoms with van der Waals surface area (Å²) in [7, 11) is 0. The fraction of sp³-hybridized carbons (Fsp3) is 0. The fourth-order valence-electron chi connectivity index (χ4n) is 9.35. The van der Waals surface area contributed by atoms with Crippen molar-refractivity contribution in [3.05, 3.63) is 243 Å². The third-order valence-corrected chi connectivity index (χ3v) is 12.4.